The van der Waals surface area contributed by atoms with E-state index < -0.39 is 0 Å². The van der Waals surface area contributed by atoms with Crippen LogP contribution in [0.2, 0.25) is 0 Å². The van der Waals surface area contributed by atoms with Crippen LogP contribution in [0.25, 0.3) is 0 Å². The predicted molar refractivity (Wildman–Crippen MR) is 77.7 cm³/mol. The highest BCUT2D eigenvalue weighted by Gasteiger charge is 2.30. The molecule has 1 saturated heterocycles. The maximum absolute atomic E-state index is 11.7. The highest BCUT2D eigenvalue weighted by Crippen LogP contribution is 2.20. The van der Waals surface area contributed by atoms with Gasteiger partial charge in [0, 0.05) is 32.2 Å². The summed E-state index contributed by atoms with van der Waals surface area (Å²) in [6.07, 6.45) is 0.855. The lowest BCUT2D eigenvalue weighted by molar-refractivity contribution is -0.126. The molecule has 1 fully saturated rings. The summed E-state index contributed by atoms with van der Waals surface area (Å²) in [7, 11) is 1.50. The van der Waals surface area contributed by atoms with Crippen LogP contribution in [-0.2, 0) is 16.1 Å². The van der Waals surface area contributed by atoms with Crippen LogP contribution in [0.5, 0.6) is 0 Å². The number of nitrogens with one attached hydrogen (secondary N) is 1. The van der Waals surface area contributed by atoms with Crippen molar-refractivity contribution < 1.29 is 19.1 Å². The van der Waals surface area contributed by atoms with Crippen molar-refractivity contribution in [2.75, 3.05) is 33.4 Å². The number of hydrogen-bond donors (Lipinski definition) is 2. The standard InChI is InChI=1S/C15H24N2O4/c1-11-3-4-13(21-11)7-17-6-5-12(9-18)14(8-17)16-15(19)10-20-2/h3-4,12,14,18H,5-10H2,1-2H3,(H,16,19)/t12-,14-/m1/s1. The van der Waals surface area contributed by atoms with Gasteiger partial charge in [0.05, 0.1) is 6.54 Å². The summed E-state index contributed by atoms with van der Waals surface area (Å²) in [6.45, 7) is 4.39. The molecule has 21 heavy (non-hydrogen) atoms. The second kappa shape index (κ2) is 7.59. The van der Waals surface area contributed by atoms with Gasteiger partial charge < -0.3 is 19.6 Å². The van der Waals surface area contributed by atoms with Crippen LogP contribution in [0, 0.1) is 12.8 Å². The predicted octanol–water partition coefficient (Wildman–Crippen LogP) is 0.533. The number of amides is 1. The fourth-order valence-corrected chi connectivity index (χ4v) is 2.76. The molecule has 0 aliphatic carbocycles. The molecular weight excluding hydrogens is 272 g/mol. The maximum atomic E-state index is 11.7. The molecule has 2 rings (SSSR count). The summed E-state index contributed by atoms with van der Waals surface area (Å²) < 4.78 is 10.4. The lowest BCUT2D eigenvalue weighted by Crippen LogP contribution is -2.53. The maximum Gasteiger partial charge on any atom is 0.246 e. The Bertz CT molecular complexity index is 460. The number of furan rings is 1. The number of likely N-dealkylation sites (tertiary alicyclic amines) is 1. The first-order valence-corrected chi connectivity index (χ1v) is 7.29. The van der Waals surface area contributed by atoms with E-state index in [1.54, 1.807) is 0 Å². The van der Waals surface area contributed by atoms with Crippen molar-refractivity contribution in [3.63, 3.8) is 0 Å². The summed E-state index contributed by atoms with van der Waals surface area (Å²) >= 11 is 0. The first-order valence-electron chi connectivity index (χ1n) is 7.29. The summed E-state index contributed by atoms with van der Waals surface area (Å²) in [5.74, 6) is 1.79. The van der Waals surface area contributed by atoms with E-state index in [1.165, 1.54) is 7.11 Å². The van der Waals surface area contributed by atoms with Gasteiger partial charge in [0.25, 0.3) is 0 Å². The Morgan fingerprint density at radius 2 is 2.38 bits per heavy atom. The molecular formula is C15H24N2O4. The molecule has 1 aromatic rings. The number of rotatable bonds is 6. The Kier molecular flexibility index (Phi) is 5.78. The quantitative estimate of drug-likeness (QED) is 0.801. The largest absolute Gasteiger partial charge is 0.465 e. The number of hydrogen-bond acceptors (Lipinski definition) is 5. The number of nitrogens with zero attached hydrogens (tertiary/aromatic N) is 1. The number of aliphatic hydroxyl groups is 1. The molecule has 1 aromatic heterocycles. The van der Waals surface area contributed by atoms with Gasteiger partial charge in [0.2, 0.25) is 5.91 Å². The molecule has 118 valence electrons. The van der Waals surface area contributed by atoms with Crippen LogP contribution in [-0.4, -0.2) is 55.4 Å². The first kappa shape index (κ1) is 16.0. The second-order valence-corrected chi connectivity index (χ2v) is 5.59. The normalized spacial score (nSPS) is 23.2. The molecule has 6 nitrogen and oxygen atoms in total. The second-order valence-electron chi connectivity index (χ2n) is 5.59. The molecule has 2 N–H and O–H groups in total. The number of carbonyl (C=O) groups is 1. The van der Waals surface area contributed by atoms with Crippen molar-refractivity contribution in [2.45, 2.75) is 25.9 Å². The molecule has 0 saturated carbocycles. The molecule has 0 unspecified atom stereocenters. The Labute approximate surface area is 125 Å². The highest BCUT2D eigenvalue weighted by molar-refractivity contribution is 5.77. The number of aliphatic hydroxyl groups excluding tert-OH is 1. The van der Waals surface area contributed by atoms with Gasteiger partial charge in [-0.15, -0.1) is 0 Å². The van der Waals surface area contributed by atoms with Gasteiger partial charge >= 0.3 is 0 Å². The average Bonchev–Trinajstić information content (AvgIpc) is 2.85. The fraction of sp³-hybridized carbons (Fsp3) is 0.667. The minimum Gasteiger partial charge on any atom is -0.465 e. The molecule has 1 amide bonds. The van der Waals surface area contributed by atoms with Crippen LogP contribution in [0.15, 0.2) is 16.5 Å². The average molecular weight is 296 g/mol. The molecule has 0 spiro atoms. The molecule has 0 bridgehead atoms. The number of piperidine rings is 1. The number of ether oxygens (including phenoxy) is 1. The third kappa shape index (κ3) is 4.56. The molecule has 2 atom stereocenters. The van der Waals surface area contributed by atoms with Crippen molar-refractivity contribution in [1.82, 2.24) is 10.2 Å². The Hall–Kier alpha value is -1.37. The topological polar surface area (TPSA) is 74.9 Å². The number of carbonyl (C=O) groups excluding carboxylic acids is 1. The minimum atomic E-state index is -0.142. The van der Waals surface area contributed by atoms with Crippen LogP contribution < -0.4 is 5.32 Å². The van der Waals surface area contributed by atoms with Crippen LogP contribution in [0.1, 0.15) is 17.9 Å². The van der Waals surface area contributed by atoms with Gasteiger partial charge in [-0.1, -0.05) is 0 Å². The fourth-order valence-electron chi connectivity index (χ4n) is 2.76. The van der Waals surface area contributed by atoms with Crippen LogP contribution in [0.3, 0.4) is 0 Å². The number of methoxy groups -OCH3 is 1. The van der Waals surface area contributed by atoms with Gasteiger partial charge in [-0.2, -0.15) is 0 Å². The van der Waals surface area contributed by atoms with Gasteiger partial charge in [-0.3, -0.25) is 9.69 Å². The summed E-state index contributed by atoms with van der Waals surface area (Å²) in [6, 6.07) is 3.88. The molecule has 2 heterocycles. The molecule has 1 aliphatic heterocycles. The molecule has 0 radical (unpaired) electrons. The molecule has 1 aliphatic rings. The van der Waals surface area contributed by atoms with E-state index in [1.807, 2.05) is 19.1 Å². The summed E-state index contributed by atoms with van der Waals surface area (Å²) in [5, 5.41) is 12.4. The van der Waals surface area contributed by atoms with Gasteiger partial charge in [0.1, 0.15) is 18.1 Å². The molecule has 6 heteroatoms. The summed E-state index contributed by atoms with van der Waals surface area (Å²) in [5.41, 5.74) is 0. The molecule has 0 aromatic carbocycles. The summed E-state index contributed by atoms with van der Waals surface area (Å²) in [4.78, 5) is 13.9. The van der Waals surface area contributed by atoms with Gasteiger partial charge in [-0.25, -0.2) is 0 Å². The SMILES string of the molecule is COCC(=O)N[C@@H]1CN(Cc2ccc(C)o2)CC[C@@H]1CO. The van der Waals surface area contributed by atoms with Crippen LogP contribution >= 0.6 is 0 Å². The highest BCUT2D eigenvalue weighted by atomic mass is 16.5. The van der Waals surface area contributed by atoms with Gasteiger partial charge in [0.15, 0.2) is 0 Å². The van der Waals surface area contributed by atoms with E-state index in [2.05, 4.69) is 10.2 Å². The Balaban J connectivity index is 1.92. The lowest BCUT2D eigenvalue weighted by Gasteiger charge is -2.37. The van der Waals surface area contributed by atoms with Crippen molar-refractivity contribution in [3.8, 4) is 0 Å². The van der Waals surface area contributed by atoms with E-state index in [9.17, 15) is 9.90 Å². The van der Waals surface area contributed by atoms with Crippen molar-refractivity contribution >= 4 is 5.91 Å². The monoisotopic (exact) mass is 296 g/mol. The van der Waals surface area contributed by atoms with E-state index in [-0.39, 0.29) is 31.1 Å². The third-order valence-electron chi connectivity index (χ3n) is 3.87. The van der Waals surface area contributed by atoms with E-state index in [4.69, 9.17) is 9.15 Å². The van der Waals surface area contributed by atoms with E-state index in [0.29, 0.717) is 6.54 Å². The van der Waals surface area contributed by atoms with E-state index >= 15 is 0 Å². The minimum absolute atomic E-state index is 0.0476. The lowest BCUT2D eigenvalue weighted by atomic mass is 9.92. The van der Waals surface area contributed by atoms with Crippen molar-refractivity contribution in [2.24, 2.45) is 5.92 Å². The first-order chi connectivity index (χ1) is 10.1. The Morgan fingerprint density at radius 1 is 1.57 bits per heavy atom. The van der Waals surface area contributed by atoms with Crippen molar-refractivity contribution in [1.29, 1.82) is 0 Å². The van der Waals surface area contributed by atoms with Gasteiger partial charge in [-0.05, 0) is 32.0 Å². The van der Waals surface area contributed by atoms with E-state index in [0.717, 1.165) is 31.0 Å². The van der Waals surface area contributed by atoms with Crippen LogP contribution in [0.4, 0.5) is 0 Å². The third-order valence-corrected chi connectivity index (χ3v) is 3.87. The van der Waals surface area contributed by atoms with Crippen molar-refractivity contribution in [3.05, 3.63) is 23.7 Å². The zero-order chi connectivity index (χ0) is 15.2. The zero-order valence-corrected chi connectivity index (χ0v) is 12.7. The number of aryl methyl sites for hydroxylation is 1. The smallest absolute Gasteiger partial charge is 0.246 e. The Morgan fingerprint density at radius 3 is 3.00 bits per heavy atom. The zero-order valence-electron chi connectivity index (χ0n) is 12.7.